The van der Waals surface area contributed by atoms with E-state index in [9.17, 15) is 9.59 Å². The van der Waals surface area contributed by atoms with Gasteiger partial charge in [0.05, 0.1) is 12.1 Å². The number of nitrogens with one attached hydrogen (secondary N) is 2. The van der Waals surface area contributed by atoms with Crippen LogP contribution in [-0.2, 0) is 24.2 Å². The molecule has 34 heavy (non-hydrogen) atoms. The Kier molecular flexibility index (Phi) is 6.44. The van der Waals surface area contributed by atoms with Crippen LogP contribution in [0, 0.1) is 0 Å². The molecule has 0 saturated heterocycles. The summed E-state index contributed by atoms with van der Waals surface area (Å²) in [5, 5.41) is 16.7. The molecule has 3 heterocycles. The lowest BCUT2D eigenvalue weighted by atomic mass is 10.1. The van der Waals surface area contributed by atoms with Crippen molar-refractivity contribution < 1.29 is 9.59 Å². The van der Waals surface area contributed by atoms with Gasteiger partial charge in [0.1, 0.15) is 5.82 Å². The first kappa shape index (κ1) is 22.0. The topological polar surface area (TPSA) is 102 Å². The number of amides is 2. The van der Waals surface area contributed by atoms with Gasteiger partial charge in [-0.3, -0.25) is 14.9 Å². The number of rotatable bonds is 6. The van der Waals surface area contributed by atoms with Crippen LogP contribution in [0.2, 0.25) is 0 Å². The first-order chi connectivity index (χ1) is 16.7. The number of thiazole rings is 1. The molecule has 1 aliphatic heterocycles. The first-order valence-electron chi connectivity index (χ1n) is 11.3. The highest BCUT2D eigenvalue weighted by molar-refractivity contribution is 7.14. The Bertz CT molecular complexity index is 1310. The van der Waals surface area contributed by atoms with Crippen LogP contribution in [0.4, 0.5) is 10.8 Å². The minimum atomic E-state index is -0.228. The van der Waals surface area contributed by atoms with Crippen molar-refractivity contribution in [2.24, 2.45) is 0 Å². The molecule has 172 valence electrons. The Morgan fingerprint density at radius 3 is 2.74 bits per heavy atom. The maximum atomic E-state index is 12.6. The summed E-state index contributed by atoms with van der Waals surface area (Å²) in [6.45, 7) is 0.918. The van der Waals surface area contributed by atoms with Crippen molar-refractivity contribution in [3.8, 4) is 11.4 Å². The highest BCUT2D eigenvalue weighted by atomic mass is 32.1. The van der Waals surface area contributed by atoms with Crippen molar-refractivity contribution >= 4 is 34.0 Å². The minimum Gasteiger partial charge on any atom is -0.326 e. The number of carbonyl (C=O) groups excluding carboxylic acids is 2. The van der Waals surface area contributed by atoms with Gasteiger partial charge in [0.15, 0.2) is 11.0 Å². The van der Waals surface area contributed by atoms with Gasteiger partial charge in [-0.1, -0.05) is 36.8 Å². The molecule has 2 N–H and O–H groups in total. The largest absolute Gasteiger partial charge is 0.326 e. The number of hydrogen-bond acceptors (Lipinski definition) is 6. The fourth-order valence-electron chi connectivity index (χ4n) is 4.01. The number of carbonyl (C=O) groups is 2. The van der Waals surface area contributed by atoms with Crippen LogP contribution in [-0.4, -0.2) is 31.6 Å². The summed E-state index contributed by atoms with van der Waals surface area (Å²) < 4.78 is 2.19. The lowest BCUT2D eigenvalue weighted by Gasteiger charge is -2.09. The minimum absolute atomic E-state index is 0.113. The Labute approximate surface area is 201 Å². The fourth-order valence-corrected chi connectivity index (χ4v) is 4.71. The van der Waals surface area contributed by atoms with Gasteiger partial charge >= 0.3 is 0 Å². The van der Waals surface area contributed by atoms with E-state index in [2.05, 4.69) is 30.4 Å². The molecule has 8 nitrogen and oxygen atoms in total. The molecule has 0 unspecified atom stereocenters. The fraction of sp³-hybridized carbons (Fsp3) is 0.240. The zero-order chi connectivity index (χ0) is 23.3. The second-order valence-electron chi connectivity index (χ2n) is 8.17. The van der Waals surface area contributed by atoms with E-state index in [0.29, 0.717) is 22.1 Å². The summed E-state index contributed by atoms with van der Waals surface area (Å²) in [5.74, 6) is 1.46. The van der Waals surface area contributed by atoms with Crippen LogP contribution in [0.25, 0.3) is 11.4 Å². The second kappa shape index (κ2) is 9.96. The van der Waals surface area contributed by atoms with Gasteiger partial charge in [0.25, 0.3) is 5.91 Å². The molecule has 0 radical (unpaired) electrons. The molecule has 2 amide bonds. The molecular weight excluding hydrogens is 448 g/mol. The maximum Gasteiger partial charge on any atom is 0.257 e. The van der Waals surface area contributed by atoms with E-state index in [0.717, 1.165) is 43.0 Å². The Balaban J connectivity index is 1.22. The third-order valence-electron chi connectivity index (χ3n) is 5.66. The summed E-state index contributed by atoms with van der Waals surface area (Å²) >= 11 is 1.30. The van der Waals surface area contributed by atoms with Crippen molar-refractivity contribution in [1.29, 1.82) is 0 Å². The Morgan fingerprint density at radius 1 is 0.971 bits per heavy atom. The van der Waals surface area contributed by atoms with E-state index in [1.807, 2.05) is 30.3 Å². The number of nitrogens with zero attached hydrogens (tertiary/aromatic N) is 4. The summed E-state index contributed by atoms with van der Waals surface area (Å²) in [7, 11) is 0. The summed E-state index contributed by atoms with van der Waals surface area (Å²) in [4.78, 5) is 29.3. The van der Waals surface area contributed by atoms with Gasteiger partial charge in [-0.15, -0.1) is 21.5 Å². The molecule has 0 aliphatic carbocycles. The molecule has 5 rings (SSSR count). The lowest BCUT2D eigenvalue weighted by molar-refractivity contribution is -0.115. The molecule has 0 atom stereocenters. The van der Waals surface area contributed by atoms with Gasteiger partial charge < -0.3 is 9.88 Å². The van der Waals surface area contributed by atoms with Crippen molar-refractivity contribution in [3.05, 3.63) is 77.1 Å². The lowest BCUT2D eigenvalue weighted by Crippen LogP contribution is -2.15. The monoisotopic (exact) mass is 472 g/mol. The first-order valence-corrected chi connectivity index (χ1v) is 12.2. The quantitative estimate of drug-likeness (QED) is 0.428. The molecule has 1 aliphatic rings. The standard InChI is InChI=1S/C25H24N6O2S/c32-22(15-20-16-34-25(27-20)28-24(33)17-8-3-1-4-9-17)26-19-11-7-10-18(14-19)23-30-29-21-12-5-2-6-13-31(21)23/h1,3-4,7-11,14,16H,2,5-6,12-13,15H2,(H,26,32)(H,27,28,33). The number of benzene rings is 2. The smallest absolute Gasteiger partial charge is 0.257 e. The third-order valence-corrected chi connectivity index (χ3v) is 6.47. The van der Waals surface area contributed by atoms with Gasteiger partial charge in [0.2, 0.25) is 5.91 Å². The number of hydrogen-bond donors (Lipinski definition) is 2. The van der Waals surface area contributed by atoms with E-state index in [1.54, 1.807) is 29.6 Å². The predicted molar refractivity (Wildman–Crippen MR) is 132 cm³/mol. The van der Waals surface area contributed by atoms with E-state index in [1.165, 1.54) is 17.8 Å². The molecule has 0 fully saturated rings. The normalized spacial score (nSPS) is 13.1. The van der Waals surface area contributed by atoms with Crippen molar-refractivity contribution in [1.82, 2.24) is 19.7 Å². The highest BCUT2D eigenvalue weighted by Gasteiger charge is 2.17. The Morgan fingerprint density at radius 2 is 1.85 bits per heavy atom. The molecule has 4 aromatic rings. The zero-order valence-corrected chi connectivity index (χ0v) is 19.3. The SMILES string of the molecule is O=C(Cc1csc(NC(=O)c2ccccc2)n1)Nc1cccc(-c2nnc3n2CCCCC3)c1. The van der Waals surface area contributed by atoms with E-state index < -0.39 is 0 Å². The average Bonchev–Trinajstić information content (AvgIpc) is 3.39. The molecule has 9 heteroatoms. The van der Waals surface area contributed by atoms with Crippen LogP contribution in [0.1, 0.15) is 41.1 Å². The molecule has 0 spiro atoms. The maximum absolute atomic E-state index is 12.6. The summed E-state index contributed by atoms with van der Waals surface area (Å²) in [6, 6.07) is 16.6. The Hall–Kier alpha value is -3.85. The highest BCUT2D eigenvalue weighted by Crippen LogP contribution is 2.25. The zero-order valence-electron chi connectivity index (χ0n) is 18.5. The van der Waals surface area contributed by atoms with Crippen molar-refractivity contribution in [2.75, 3.05) is 10.6 Å². The molecule has 2 aromatic carbocycles. The van der Waals surface area contributed by atoms with Gasteiger partial charge in [-0.2, -0.15) is 0 Å². The molecule has 0 bridgehead atoms. The van der Waals surface area contributed by atoms with Crippen molar-refractivity contribution in [3.63, 3.8) is 0 Å². The van der Waals surface area contributed by atoms with Gasteiger partial charge in [-0.05, 0) is 37.1 Å². The van der Waals surface area contributed by atoms with Crippen LogP contribution in [0.3, 0.4) is 0 Å². The van der Waals surface area contributed by atoms with E-state index >= 15 is 0 Å². The van der Waals surface area contributed by atoms with E-state index in [-0.39, 0.29) is 18.2 Å². The second-order valence-corrected chi connectivity index (χ2v) is 9.03. The number of anilines is 2. The van der Waals surface area contributed by atoms with Gasteiger partial charge in [-0.25, -0.2) is 4.98 Å². The number of aryl methyl sites for hydroxylation is 1. The predicted octanol–water partition coefficient (Wildman–Crippen LogP) is 4.56. The van der Waals surface area contributed by atoms with Crippen LogP contribution in [0.15, 0.2) is 60.0 Å². The molecule has 0 saturated carbocycles. The summed E-state index contributed by atoms with van der Waals surface area (Å²) in [5.41, 5.74) is 2.78. The van der Waals surface area contributed by atoms with Crippen LogP contribution < -0.4 is 10.6 Å². The number of aromatic nitrogens is 4. The average molecular weight is 473 g/mol. The molecule has 2 aromatic heterocycles. The number of fused-ring (bicyclic) bond motifs is 1. The van der Waals surface area contributed by atoms with Crippen molar-refractivity contribution in [2.45, 2.75) is 38.6 Å². The van der Waals surface area contributed by atoms with Gasteiger partial charge in [0, 0.05) is 35.2 Å². The van der Waals surface area contributed by atoms with E-state index in [4.69, 9.17) is 0 Å². The third kappa shape index (κ3) is 5.04. The summed E-state index contributed by atoms with van der Waals surface area (Å²) in [6.07, 6.45) is 4.53. The van der Waals surface area contributed by atoms with Crippen LogP contribution in [0.5, 0.6) is 0 Å². The molecular formula is C25H24N6O2S. The van der Waals surface area contributed by atoms with Crippen LogP contribution >= 0.6 is 11.3 Å².